The van der Waals surface area contributed by atoms with Crippen molar-refractivity contribution in [1.29, 1.82) is 0 Å². The van der Waals surface area contributed by atoms with Crippen molar-refractivity contribution in [3.8, 4) is 5.69 Å². The molecule has 6 heteroatoms. The number of guanidine groups is 1. The van der Waals surface area contributed by atoms with Crippen LogP contribution in [0.2, 0.25) is 0 Å². The highest BCUT2D eigenvalue weighted by molar-refractivity contribution is 7.99. The molecule has 0 saturated heterocycles. The third-order valence-corrected chi connectivity index (χ3v) is 5.87. The van der Waals surface area contributed by atoms with Gasteiger partial charge in [-0.2, -0.15) is 16.9 Å². The number of thioether (sulfide) groups is 1. The number of nitrogens with one attached hydrogen (secondary N) is 2. The van der Waals surface area contributed by atoms with Crippen LogP contribution >= 0.6 is 11.8 Å². The average molecular weight is 372 g/mol. The smallest absolute Gasteiger partial charge is 0.191 e. The summed E-state index contributed by atoms with van der Waals surface area (Å²) in [6, 6.07) is 11.0. The summed E-state index contributed by atoms with van der Waals surface area (Å²) in [6.45, 7) is 3.79. The summed E-state index contributed by atoms with van der Waals surface area (Å²) in [7, 11) is 0. The van der Waals surface area contributed by atoms with Crippen LogP contribution < -0.4 is 10.6 Å². The van der Waals surface area contributed by atoms with Crippen LogP contribution in [0.1, 0.15) is 31.7 Å². The molecular weight excluding hydrogens is 342 g/mol. The number of nitrogens with zero attached hydrogens (tertiary/aromatic N) is 3. The third kappa shape index (κ3) is 5.27. The molecule has 3 rings (SSSR count). The highest BCUT2D eigenvalue weighted by atomic mass is 32.2. The van der Waals surface area contributed by atoms with Crippen molar-refractivity contribution >= 4 is 17.7 Å². The molecule has 1 aromatic heterocycles. The van der Waals surface area contributed by atoms with Crippen molar-refractivity contribution in [2.45, 2.75) is 43.9 Å². The van der Waals surface area contributed by atoms with E-state index in [-0.39, 0.29) is 0 Å². The molecule has 0 spiro atoms. The Morgan fingerprint density at radius 2 is 2.15 bits per heavy atom. The predicted molar refractivity (Wildman–Crippen MR) is 111 cm³/mol. The molecule has 2 N–H and O–H groups in total. The molecule has 2 aromatic rings. The van der Waals surface area contributed by atoms with Gasteiger partial charge in [0.25, 0.3) is 0 Å². The Balaban J connectivity index is 1.51. The minimum Gasteiger partial charge on any atom is -0.357 e. The van der Waals surface area contributed by atoms with Crippen LogP contribution in [0.15, 0.2) is 47.7 Å². The van der Waals surface area contributed by atoms with Crippen molar-refractivity contribution in [3.63, 3.8) is 0 Å². The van der Waals surface area contributed by atoms with E-state index in [1.165, 1.54) is 24.8 Å². The number of rotatable bonds is 7. The molecule has 1 fully saturated rings. The van der Waals surface area contributed by atoms with Gasteiger partial charge in [0.1, 0.15) is 0 Å². The summed E-state index contributed by atoms with van der Waals surface area (Å²) < 4.78 is 1.87. The van der Waals surface area contributed by atoms with E-state index in [4.69, 9.17) is 4.99 Å². The van der Waals surface area contributed by atoms with E-state index in [9.17, 15) is 0 Å². The molecular formula is C20H29N5S. The van der Waals surface area contributed by atoms with Gasteiger partial charge in [0.2, 0.25) is 0 Å². The zero-order valence-corrected chi connectivity index (χ0v) is 16.5. The Labute approximate surface area is 160 Å². The number of benzene rings is 1. The van der Waals surface area contributed by atoms with Gasteiger partial charge in [-0.25, -0.2) is 4.68 Å². The first-order valence-electron chi connectivity index (χ1n) is 9.45. The summed E-state index contributed by atoms with van der Waals surface area (Å²) >= 11 is 1.99. The van der Waals surface area contributed by atoms with Gasteiger partial charge in [-0.3, -0.25) is 4.99 Å². The summed E-state index contributed by atoms with van der Waals surface area (Å²) in [5, 5.41) is 12.0. The van der Waals surface area contributed by atoms with Gasteiger partial charge in [-0.05, 0) is 62.6 Å². The maximum absolute atomic E-state index is 4.77. The Hall–Kier alpha value is -1.95. The third-order valence-electron chi connectivity index (χ3n) is 4.78. The van der Waals surface area contributed by atoms with Crippen LogP contribution in [0, 0.1) is 0 Å². The first-order valence-corrected chi connectivity index (χ1v) is 10.7. The van der Waals surface area contributed by atoms with Crippen LogP contribution in [0.5, 0.6) is 0 Å². The Morgan fingerprint density at radius 1 is 1.31 bits per heavy atom. The van der Waals surface area contributed by atoms with E-state index < -0.39 is 0 Å². The fourth-order valence-electron chi connectivity index (χ4n) is 3.33. The number of aromatic nitrogens is 2. The fraction of sp³-hybridized carbons (Fsp3) is 0.500. The lowest BCUT2D eigenvalue weighted by Crippen LogP contribution is -2.42. The van der Waals surface area contributed by atoms with Crippen molar-refractivity contribution in [1.82, 2.24) is 20.4 Å². The van der Waals surface area contributed by atoms with Gasteiger partial charge in [0.05, 0.1) is 5.69 Å². The Kier molecular flexibility index (Phi) is 7.00. The van der Waals surface area contributed by atoms with Gasteiger partial charge in [0, 0.05) is 36.8 Å². The van der Waals surface area contributed by atoms with Crippen molar-refractivity contribution < 1.29 is 0 Å². The molecule has 1 aliphatic carbocycles. The van der Waals surface area contributed by atoms with E-state index in [0.29, 0.717) is 6.04 Å². The summed E-state index contributed by atoms with van der Waals surface area (Å²) in [6.07, 6.45) is 10.7. The largest absolute Gasteiger partial charge is 0.357 e. The van der Waals surface area contributed by atoms with Gasteiger partial charge in [-0.15, -0.1) is 0 Å². The van der Waals surface area contributed by atoms with Crippen LogP contribution in [0.25, 0.3) is 5.69 Å². The lowest BCUT2D eigenvalue weighted by molar-refractivity contribution is 0.615. The molecule has 2 unspecified atom stereocenters. The molecule has 140 valence electrons. The molecule has 1 saturated carbocycles. The Morgan fingerprint density at radius 3 is 2.81 bits per heavy atom. The molecule has 1 heterocycles. The van der Waals surface area contributed by atoms with Gasteiger partial charge in [-0.1, -0.05) is 12.1 Å². The predicted octanol–water partition coefficient (Wildman–Crippen LogP) is 3.25. The van der Waals surface area contributed by atoms with Crippen LogP contribution in [0.4, 0.5) is 0 Å². The highest BCUT2D eigenvalue weighted by Crippen LogP contribution is 2.28. The summed E-state index contributed by atoms with van der Waals surface area (Å²) in [5.41, 5.74) is 2.38. The highest BCUT2D eigenvalue weighted by Gasteiger charge is 2.24. The van der Waals surface area contributed by atoms with Gasteiger partial charge in [0.15, 0.2) is 5.96 Å². The lowest BCUT2D eigenvalue weighted by atomic mass is 10.1. The average Bonchev–Trinajstić information content (AvgIpc) is 3.34. The molecule has 1 aromatic carbocycles. The zero-order valence-electron chi connectivity index (χ0n) is 15.7. The van der Waals surface area contributed by atoms with E-state index >= 15 is 0 Å². The van der Waals surface area contributed by atoms with Gasteiger partial charge < -0.3 is 10.6 Å². The van der Waals surface area contributed by atoms with E-state index in [1.807, 2.05) is 28.7 Å². The van der Waals surface area contributed by atoms with E-state index in [0.717, 1.165) is 36.4 Å². The molecule has 0 aliphatic heterocycles. The maximum Gasteiger partial charge on any atom is 0.191 e. The van der Waals surface area contributed by atoms with Crippen LogP contribution in [-0.4, -0.2) is 46.4 Å². The topological polar surface area (TPSA) is 54.2 Å². The molecule has 5 nitrogen and oxygen atoms in total. The second-order valence-electron chi connectivity index (χ2n) is 6.64. The molecule has 0 amide bonds. The van der Waals surface area contributed by atoms with Gasteiger partial charge >= 0.3 is 0 Å². The summed E-state index contributed by atoms with van der Waals surface area (Å²) in [5.74, 6) is 0.951. The monoisotopic (exact) mass is 371 g/mol. The van der Waals surface area contributed by atoms with Crippen molar-refractivity contribution in [3.05, 3.63) is 48.3 Å². The summed E-state index contributed by atoms with van der Waals surface area (Å²) in [4.78, 5) is 4.77. The molecule has 1 aliphatic rings. The molecule has 26 heavy (non-hydrogen) atoms. The normalized spacial score (nSPS) is 20.3. The van der Waals surface area contributed by atoms with Crippen molar-refractivity contribution in [2.75, 3.05) is 19.3 Å². The van der Waals surface area contributed by atoms with Crippen molar-refractivity contribution in [2.24, 2.45) is 4.99 Å². The second kappa shape index (κ2) is 9.67. The van der Waals surface area contributed by atoms with E-state index in [1.54, 1.807) is 6.20 Å². The molecule has 2 atom stereocenters. The number of hydrogen-bond acceptors (Lipinski definition) is 3. The quantitative estimate of drug-likeness (QED) is 0.579. The second-order valence-corrected chi connectivity index (χ2v) is 7.78. The minimum atomic E-state index is 0.554. The first kappa shape index (κ1) is 18.8. The fourth-order valence-corrected chi connectivity index (χ4v) is 4.13. The van der Waals surface area contributed by atoms with Crippen LogP contribution in [0.3, 0.4) is 0 Å². The zero-order chi connectivity index (χ0) is 18.2. The molecule has 0 radical (unpaired) electrons. The number of aliphatic imine (C=N–C) groups is 1. The standard InChI is InChI=1S/C20H29N5S/c1-3-21-20(24-17-7-10-19(15-17)26-2)22-13-11-16-5-8-18(9-6-16)25-14-4-12-23-25/h4-6,8-9,12,14,17,19H,3,7,10-11,13,15H2,1-2H3,(H2,21,22,24). The SMILES string of the molecule is CCNC(=NCCc1ccc(-n2cccn2)cc1)NC1CCC(SC)C1. The minimum absolute atomic E-state index is 0.554. The maximum atomic E-state index is 4.77. The number of hydrogen-bond donors (Lipinski definition) is 2. The first-order chi connectivity index (χ1) is 12.8. The lowest BCUT2D eigenvalue weighted by Gasteiger charge is -2.17. The van der Waals surface area contributed by atoms with E-state index in [2.05, 4.69) is 53.2 Å². The molecule has 0 bridgehead atoms. The van der Waals surface area contributed by atoms with Crippen LogP contribution in [-0.2, 0) is 6.42 Å². The Bertz CT molecular complexity index is 681.